The van der Waals surface area contributed by atoms with E-state index in [4.69, 9.17) is 0 Å². The van der Waals surface area contributed by atoms with Crippen molar-refractivity contribution in [2.24, 2.45) is 5.41 Å². The number of nitrogens with zero attached hydrogens (tertiary/aromatic N) is 1. The Morgan fingerprint density at radius 3 is 2.71 bits per heavy atom. The zero-order valence-corrected chi connectivity index (χ0v) is 12.2. The molecule has 1 unspecified atom stereocenters. The molecule has 2 N–H and O–H groups in total. The lowest BCUT2D eigenvalue weighted by Gasteiger charge is -2.32. The van der Waals surface area contributed by atoms with Crippen molar-refractivity contribution in [2.75, 3.05) is 19.6 Å². The second-order valence-corrected chi connectivity index (χ2v) is 5.77. The maximum atomic E-state index is 12.2. The van der Waals surface area contributed by atoms with Crippen molar-refractivity contribution < 1.29 is 9.72 Å². The second-order valence-electron chi connectivity index (χ2n) is 5.77. The summed E-state index contributed by atoms with van der Waals surface area (Å²) in [7, 11) is 0. The first kappa shape index (κ1) is 15.4. The molecule has 2 rings (SSSR count). The maximum absolute atomic E-state index is 12.2. The van der Waals surface area contributed by atoms with E-state index in [1.807, 2.05) is 6.92 Å². The lowest BCUT2D eigenvalue weighted by atomic mass is 9.82. The van der Waals surface area contributed by atoms with E-state index in [0.717, 1.165) is 31.5 Å². The van der Waals surface area contributed by atoms with Gasteiger partial charge >= 0.3 is 0 Å². The number of nitro groups is 1. The van der Waals surface area contributed by atoms with E-state index in [-0.39, 0.29) is 17.0 Å². The Balaban J connectivity index is 1.80. The van der Waals surface area contributed by atoms with Crippen LogP contribution in [0.15, 0.2) is 24.3 Å². The molecule has 0 aromatic heterocycles. The number of rotatable bonds is 5. The van der Waals surface area contributed by atoms with Crippen LogP contribution in [0.5, 0.6) is 0 Å². The van der Waals surface area contributed by atoms with Gasteiger partial charge in [-0.15, -0.1) is 0 Å². The minimum absolute atomic E-state index is 0.0802. The van der Waals surface area contributed by atoms with Gasteiger partial charge in [0.25, 0.3) is 5.69 Å². The van der Waals surface area contributed by atoms with Crippen molar-refractivity contribution in [1.29, 1.82) is 0 Å². The first-order valence-corrected chi connectivity index (χ1v) is 7.24. The van der Waals surface area contributed by atoms with Gasteiger partial charge in [-0.1, -0.05) is 12.1 Å². The zero-order chi connectivity index (χ0) is 15.3. The lowest BCUT2D eigenvalue weighted by molar-refractivity contribution is -0.384. The predicted octanol–water partition coefficient (Wildman–Crippen LogP) is 1.64. The fraction of sp³-hybridized carbons (Fsp3) is 0.533. The Bertz CT molecular complexity index is 507. The molecule has 0 bridgehead atoms. The molecular weight excluding hydrogens is 270 g/mol. The molecule has 21 heavy (non-hydrogen) atoms. The van der Waals surface area contributed by atoms with E-state index in [1.54, 1.807) is 12.1 Å². The summed E-state index contributed by atoms with van der Waals surface area (Å²) in [5.41, 5.74) is 0.740. The summed E-state index contributed by atoms with van der Waals surface area (Å²) < 4.78 is 0. The van der Waals surface area contributed by atoms with Gasteiger partial charge < -0.3 is 10.6 Å². The van der Waals surface area contributed by atoms with Crippen LogP contribution in [0.4, 0.5) is 5.69 Å². The van der Waals surface area contributed by atoms with E-state index >= 15 is 0 Å². The number of nitrogens with one attached hydrogen (secondary N) is 2. The molecule has 1 atom stereocenters. The Kier molecular flexibility index (Phi) is 4.90. The molecule has 1 aliphatic rings. The van der Waals surface area contributed by atoms with Crippen molar-refractivity contribution >= 4 is 11.6 Å². The van der Waals surface area contributed by atoms with Crippen LogP contribution in [0.1, 0.15) is 25.3 Å². The van der Waals surface area contributed by atoms with Crippen molar-refractivity contribution in [3.05, 3.63) is 39.9 Å². The van der Waals surface area contributed by atoms with Crippen molar-refractivity contribution in [1.82, 2.24) is 10.6 Å². The van der Waals surface area contributed by atoms with Crippen molar-refractivity contribution in [2.45, 2.75) is 26.2 Å². The standard InChI is InChI=1S/C15H21N3O3/c1-15(8-2-9-16-11-15)14(19)17-10-7-12-3-5-13(6-4-12)18(20)21/h3-6,16H,2,7-11H2,1H3,(H,17,19). The fourth-order valence-electron chi connectivity index (χ4n) is 2.57. The Hall–Kier alpha value is -1.95. The van der Waals surface area contributed by atoms with Gasteiger partial charge in [-0.05, 0) is 38.3 Å². The highest BCUT2D eigenvalue weighted by molar-refractivity contribution is 5.82. The number of non-ortho nitro benzene ring substituents is 1. The van der Waals surface area contributed by atoms with Crippen LogP contribution < -0.4 is 10.6 Å². The summed E-state index contributed by atoms with van der Waals surface area (Å²) >= 11 is 0. The average Bonchev–Trinajstić information content (AvgIpc) is 2.48. The normalized spacial score (nSPS) is 21.8. The smallest absolute Gasteiger partial charge is 0.269 e. The highest BCUT2D eigenvalue weighted by Crippen LogP contribution is 2.25. The highest BCUT2D eigenvalue weighted by Gasteiger charge is 2.34. The number of benzene rings is 1. The number of piperidine rings is 1. The molecule has 0 saturated carbocycles. The van der Waals surface area contributed by atoms with Gasteiger partial charge in [-0.3, -0.25) is 14.9 Å². The summed E-state index contributed by atoms with van der Waals surface area (Å²) in [6, 6.07) is 6.44. The topological polar surface area (TPSA) is 84.3 Å². The second kappa shape index (κ2) is 6.67. The third-order valence-corrected chi connectivity index (χ3v) is 3.99. The van der Waals surface area contributed by atoms with Gasteiger partial charge in [0.05, 0.1) is 10.3 Å². The first-order valence-electron chi connectivity index (χ1n) is 7.24. The summed E-state index contributed by atoms with van der Waals surface area (Å²) in [6.45, 7) is 4.23. The van der Waals surface area contributed by atoms with E-state index in [2.05, 4.69) is 10.6 Å². The monoisotopic (exact) mass is 291 g/mol. The number of nitro benzene ring substituents is 1. The van der Waals surface area contributed by atoms with Crippen molar-refractivity contribution in [3.8, 4) is 0 Å². The van der Waals surface area contributed by atoms with Crippen molar-refractivity contribution in [3.63, 3.8) is 0 Å². The average molecular weight is 291 g/mol. The minimum Gasteiger partial charge on any atom is -0.355 e. The van der Waals surface area contributed by atoms with Crippen LogP contribution in [-0.4, -0.2) is 30.5 Å². The summed E-state index contributed by atoms with van der Waals surface area (Å²) in [4.78, 5) is 22.4. The molecule has 1 aliphatic heterocycles. The number of amides is 1. The molecule has 1 amide bonds. The molecule has 1 fully saturated rings. The molecule has 1 aromatic rings. The molecule has 6 heteroatoms. The largest absolute Gasteiger partial charge is 0.355 e. The molecule has 6 nitrogen and oxygen atoms in total. The van der Waals surface area contributed by atoms with Gasteiger partial charge in [0.15, 0.2) is 0 Å². The fourth-order valence-corrected chi connectivity index (χ4v) is 2.57. The van der Waals surface area contributed by atoms with E-state index < -0.39 is 4.92 Å². The maximum Gasteiger partial charge on any atom is 0.269 e. The van der Waals surface area contributed by atoms with E-state index in [0.29, 0.717) is 13.0 Å². The number of carbonyl (C=O) groups is 1. The van der Waals surface area contributed by atoms with Crippen LogP contribution in [0, 0.1) is 15.5 Å². The predicted molar refractivity (Wildman–Crippen MR) is 80.0 cm³/mol. The quantitative estimate of drug-likeness (QED) is 0.638. The third kappa shape index (κ3) is 4.01. The van der Waals surface area contributed by atoms with Gasteiger partial charge in [0.2, 0.25) is 5.91 Å². The van der Waals surface area contributed by atoms with Gasteiger partial charge in [-0.25, -0.2) is 0 Å². The van der Waals surface area contributed by atoms with E-state index in [9.17, 15) is 14.9 Å². The molecular formula is C15H21N3O3. The highest BCUT2D eigenvalue weighted by atomic mass is 16.6. The summed E-state index contributed by atoms with van der Waals surface area (Å²) in [5, 5.41) is 16.8. The molecule has 0 aliphatic carbocycles. The Morgan fingerprint density at radius 2 is 2.14 bits per heavy atom. The first-order chi connectivity index (χ1) is 10.0. The summed E-state index contributed by atoms with van der Waals surface area (Å²) in [6.07, 6.45) is 2.60. The van der Waals surface area contributed by atoms with Crippen LogP contribution in [0.3, 0.4) is 0 Å². The van der Waals surface area contributed by atoms with E-state index in [1.165, 1.54) is 12.1 Å². The van der Waals surface area contributed by atoms with Crippen LogP contribution in [0.25, 0.3) is 0 Å². The van der Waals surface area contributed by atoms with Gasteiger partial charge in [-0.2, -0.15) is 0 Å². The van der Waals surface area contributed by atoms with Gasteiger partial charge in [0.1, 0.15) is 0 Å². The Morgan fingerprint density at radius 1 is 1.43 bits per heavy atom. The lowest BCUT2D eigenvalue weighted by Crippen LogP contribution is -2.49. The number of hydrogen-bond acceptors (Lipinski definition) is 4. The molecule has 1 saturated heterocycles. The molecule has 1 heterocycles. The van der Waals surface area contributed by atoms with Crippen LogP contribution in [0.2, 0.25) is 0 Å². The molecule has 114 valence electrons. The van der Waals surface area contributed by atoms with Crippen LogP contribution >= 0.6 is 0 Å². The molecule has 0 spiro atoms. The molecule has 1 aromatic carbocycles. The third-order valence-electron chi connectivity index (χ3n) is 3.99. The Labute approximate surface area is 124 Å². The zero-order valence-electron chi connectivity index (χ0n) is 12.2. The SMILES string of the molecule is CC1(C(=O)NCCc2ccc([N+](=O)[O-])cc2)CCCNC1. The molecule has 0 radical (unpaired) electrons. The number of hydrogen-bond donors (Lipinski definition) is 2. The van der Waals surface area contributed by atoms with Crippen LogP contribution in [-0.2, 0) is 11.2 Å². The summed E-state index contributed by atoms with van der Waals surface area (Å²) in [5.74, 6) is 0.0802. The minimum atomic E-state index is -0.414. The van der Waals surface area contributed by atoms with Gasteiger partial charge in [0, 0.05) is 25.2 Å². The number of carbonyl (C=O) groups excluding carboxylic acids is 1.